The van der Waals surface area contributed by atoms with Crippen LogP contribution in [0.25, 0.3) is 6.08 Å². The summed E-state index contributed by atoms with van der Waals surface area (Å²) in [6.45, 7) is 0. The molecule has 0 bridgehead atoms. The SMILES string of the molecule is [O]C(OC[SH]1C=Cc2ccccc21)c1ncco1. The number of aromatic nitrogens is 1. The van der Waals surface area contributed by atoms with Crippen molar-refractivity contribution in [2.45, 2.75) is 11.2 Å². The highest BCUT2D eigenvalue weighted by Gasteiger charge is 2.18. The van der Waals surface area contributed by atoms with Crippen LogP contribution >= 0.6 is 10.9 Å². The first kappa shape index (κ1) is 11.5. The second kappa shape index (κ2) is 4.97. The molecule has 2 aromatic rings. The summed E-state index contributed by atoms with van der Waals surface area (Å²) in [4.78, 5) is 5.05. The highest BCUT2D eigenvalue weighted by atomic mass is 32.2. The number of benzene rings is 1. The molecule has 4 nitrogen and oxygen atoms in total. The predicted molar refractivity (Wildman–Crippen MR) is 68.6 cm³/mol. The molecule has 0 saturated heterocycles. The summed E-state index contributed by atoms with van der Waals surface area (Å²) >= 11 is 0. The Labute approximate surface area is 107 Å². The predicted octanol–water partition coefficient (Wildman–Crippen LogP) is 3.12. The van der Waals surface area contributed by atoms with Gasteiger partial charge in [0.25, 0.3) is 12.2 Å². The number of fused-ring (bicyclic) bond motifs is 1. The van der Waals surface area contributed by atoms with Crippen LogP contribution in [-0.2, 0) is 9.84 Å². The molecule has 0 spiro atoms. The molecule has 0 fully saturated rings. The zero-order valence-electron chi connectivity index (χ0n) is 9.52. The molecule has 0 N–H and O–H groups in total. The van der Waals surface area contributed by atoms with Crippen LogP contribution in [0.1, 0.15) is 17.7 Å². The Bertz CT molecular complexity index is 553. The van der Waals surface area contributed by atoms with Crippen LogP contribution in [0, 0.1) is 0 Å². The monoisotopic (exact) mass is 262 g/mol. The first-order valence-electron chi connectivity index (χ1n) is 5.55. The van der Waals surface area contributed by atoms with E-state index in [0.29, 0.717) is 5.94 Å². The largest absolute Gasteiger partial charge is 0.444 e. The van der Waals surface area contributed by atoms with Crippen LogP contribution in [0.3, 0.4) is 0 Å². The Morgan fingerprint density at radius 2 is 2.28 bits per heavy atom. The first-order chi connectivity index (χ1) is 8.84. The van der Waals surface area contributed by atoms with Crippen molar-refractivity contribution in [3.05, 3.63) is 53.6 Å². The third-order valence-electron chi connectivity index (χ3n) is 2.70. The van der Waals surface area contributed by atoms with Gasteiger partial charge in [0.2, 0.25) is 0 Å². The zero-order chi connectivity index (χ0) is 12.4. The van der Waals surface area contributed by atoms with Crippen LogP contribution in [0.15, 0.2) is 51.4 Å². The van der Waals surface area contributed by atoms with E-state index in [-0.39, 0.29) is 5.89 Å². The molecule has 2 unspecified atom stereocenters. The third kappa shape index (κ3) is 2.20. The highest BCUT2D eigenvalue weighted by molar-refractivity contribution is 8.19. The maximum Gasteiger partial charge on any atom is 0.269 e. The van der Waals surface area contributed by atoms with Gasteiger partial charge in [-0.05, 0) is 23.1 Å². The lowest BCUT2D eigenvalue weighted by atomic mass is 10.2. The minimum absolute atomic E-state index is 0.0847. The van der Waals surface area contributed by atoms with Crippen LogP contribution in [0.2, 0.25) is 0 Å². The smallest absolute Gasteiger partial charge is 0.269 e. The maximum atomic E-state index is 11.7. The maximum absolute atomic E-state index is 11.7. The van der Waals surface area contributed by atoms with Crippen molar-refractivity contribution in [3.63, 3.8) is 0 Å². The molecule has 93 valence electrons. The molecule has 1 aliphatic heterocycles. The van der Waals surface area contributed by atoms with Crippen molar-refractivity contribution < 1.29 is 14.3 Å². The fourth-order valence-corrected chi connectivity index (χ4v) is 3.60. The Morgan fingerprint density at radius 1 is 1.39 bits per heavy atom. The molecule has 5 heteroatoms. The van der Waals surface area contributed by atoms with E-state index in [2.05, 4.69) is 28.6 Å². The Kier molecular flexibility index (Phi) is 3.19. The molecule has 2 atom stereocenters. The average molecular weight is 262 g/mol. The van der Waals surface area contributed by atoms with E-state index < -0.39 is 17.2 Å². The molecule has 3 rings (SSSR count). The van der Waals surface area contributed by atoms with E-state index in [1.54, 1.807) is 0 Å². The minimum atomic E-state index is -1.34. The van der Waals surface area contributed by atoms with Crippen molar-refractivity contribution >= 4 is 17.0 Å². The topological polar surface area (TPSA) is 55.2 Å². The van der Waals surface area contributed by atoms with Gasteiger partial charge in [-0.3, -0.25) is 0 Å². The molecule has 0 amide bonds. The molecule has 0 saturated carbocycles. The van der Waals surface area contributed by atoms with Gasteiger partial charge >= 0.3 is 0 Å². The van der Waals surface area contributed by atoms with Gasteiger partial charge in [0, 0.05) is 4.90 Å². The highest BCUT2D eigenvalue weighted by Crippen LogP contribution is 2.46. The summed E-state index contributed by atoms with van der Waals surface area (Å²) in [5, 5.41) is 13.8. The Morgan fingerprint density at radius 3 is 3.11 bits per heavy atom. The first-order valence-corrected chi connectivity index (χ1v) is 7.15. The summed E-state index contributed by atoms with van der Waals surface area (Å²) in [7, 11) is -0.542. The fraction of sp³-hybridized carbons (Fsp3) is 0.154. The van der Waals surface area contributed by atoms with Crippen molar-refractivity contribution in [1.82, 2.24) is 4.98 Å². The van der Waals surface area contributed by atoms with Gasteiger partial charge in [0.15, 0.2) is 0 Å². The molecular weight excluding hydrogens is 250 g/mol. The second-order valence-corrected chi connectivity index (χ2v) is 5.82. The lowest BCUT2D eigenvalue weighted by Crippen LogP contribution is -2.03. The van der Waals surface area contributed by atoms with Crippen LogP contribution in [0.4, 0.5) is 0 Å². The van der Waals surface area contributed by atoms with Gasteiger partial charge in [-0.25, -0.2) is 4.98 Å². The van der Waals surface area contributed by atoms with Gasteiger partial charge in [0.05, 0.1) is 12.1 Å². The zero-order valence-corrected chi connectivity index (χ0v) is 10.4. The van der Waals surface area contributed by atoms with E-state index in [1.165, 1.54) is 22.9 Å². The third-order valence-corrected chi connectivity index (χ3v) is 4.66. The molecule has 2 heterocycles. The number of rotatable bonds is 4. The Hall–Kier alpha value is -1.56. The van der Waals surface area contributed by atoms with Gasteiger partial charge in [-0.15, -0.1) is 0 Å². The van der Waals surface area contributed by atoms with E-state index in [0.717, 1.165) is 0 Å². The van der Waals surface area contributed by atoms with Crippen molar-refractivity contribution in [2.24, 2.45) is 0 Å². The summed E-state index contributed by atoms with van der Waals surface area (Å²) in [6, 6.07) is 8.16. The molecular formula is C13H12NO3S. The van der Waals surface area contributed by atoms with Crippen molar-refractivity contribution in [3.8, 4) is 0 Å². The molecule has 1 aliphatic rings. The minimum Gasteiger partial charge on any atom is -0.444 e. The molecule has 1 aromatic carbocycles. The molecule has 18 heavy (non-hydrogen) atoms. The van der Waals surface area contributed by atoms with E-state index in [1.807, 2.05) is 12.1 Å². The number of hydrogen-bond acceptors (Lipinski definition) is 3. The van der Waals surface area contributed by atoms with Crippen LogP contribution in [-0.4, -0.2) is 10.9 Å². The summed E-state index contributed by atoms with van der Waals surface area (Å²) in [6.07, 6.45) is 3.55. The fourth-order valence-electron chi connectivity index (χ4n) is 1.82. The lowest BCUT2D eigenvalue weighted by molar-refractivity contribution is -0.143. The van der Waals surface area contributed by atoms with Crippen LogP contribution in [0.5, 0.6) is 0 Å². The number of oxazole rings is 1. The molecule has 0 aliphatic carbocycles. The number of ether oxygens (including phenoxy) is 1. The van der Waals surface area contributed by atoms with Gasteiger partial charge in [-0.2, -0.15) is 16.0 Å². The summed E-state index contributed by atoms with van der Waals surface area (Å²) in [5.74, 6) is 0.487. The average Bonchev–Trinajstić information content (AvgIpc) is 3.06. The quantitative estimate of drug-likeness (QED) is 0.680. The molecule has 1 radical (unpaired) electrons. The normalized spacial score (nSPS) is 20.8. The van der Waals surface area contributed by atoms with Gasteiger partial charge < -0.3 is 9.15 Å². The number of hydrogen-bond donors (Lipinski definition) is 1. The second-order valence-electron chi connectivity index (χ2n) is 3.84. The standard InChI is InChI=1S/C13H12NO3S/c15-13(12-14-6-7-16-12)17-9-18-8-5-10-3-1-2-4-11(10)18/h1-8,13,18H,9H2. The summed E-state index contributed by atoms with van der Waals surface area (Å²) < 4.78 is 10.2. The Balaban J connectivity index is 1.64. The van der Waals surface area contributed by atoms with E-state index in [4.69, 9.17) is 9.15 Å². The number of thiol groups is 1. The summed E-state index contributed by atoms with van der Waals surface area (Å²) in [5.41, 5.74) is 1.21. The van der Waals surface area contributed by atoms with Crippen molar-refractivity contribution in [1.29, 1.82) is 0 Å². The van der Waals surface area contributed by atoms with E-state index >= 15 is 0 Å². The van der Waals surface area contributed by atoms with Crippen LogP contribution < -0.4 is 0 Å². The number of nitrogens with zero attached hydrogens (tertiary/aromatic N) is 1. The van der Waals surface area contributed by atoms with E-state index in [9.17, 15) is 5.11 Å². The van der Waals surface area contributed by atoms with Crippen molar-refractivity contribution in [2.75, 3.05) is 5.94 Å². The lowest BCUT2D eigenvalue weighted by Gasteiger charge is -2.16. The van der Waals surface area contributed by atoms with Gasteiger partial charge in [0.1, 0.15) is 6.26 Å². The van der Waals surface area contributed by atoms with Gasteiger partial charge in [-0.1, -0.05) is 18.2 Å². The molecule has 1 aromatic heterocycles.